The van der Waals surface area contributed by atoms with E-state index >= 15 is 0 Å². The van der Waals surface area contributed by atoms with Gasteiger partial charge in [-0.1, -0.05) is 36.4 Å². The van der Waals surface area contributed by atoms with E-state index in [1.807, 2.05) is 37.3 Å². The van der Waals surface area contributed by atoms with Gasteiger partial charge in [-0.15, -0.1) is 0 Å². The molecule has 0 fully saturated rings. The molecule has 5 nitrogen and oxygen atoms in total. The zero-order chi connectivity index (χ0) is 19.3. The highest BCUT2D eigenvalue weighted by atomic mass is 16.5. The second-order valence-electron chi connectivity index (χ2n) is 6.64. The quantitative estimate of drug-likeness (QED) is 0.591. The molecule has 5 heteroatoms. The van der Waals surface area contributed by atoms with Crippen molar-refractivity contribution >= 4 is 6.40 Å². The third kappa shape index (κ3) is 3.01. The van der Waals surface area contributed by atoms with E-state index in [4.69, 9.17) is 4.74 Å². The molecule has 27 heavy (non-hydrogen) atoms. The number of ether oxygens (including phenoxy) is 1. The van der Waals surface area contributed by atoms with Crippen molar-refractivity contribution in [2.24, 2.45) is 16.3 Å². The minimum absolute atomic E-state index is 0.0545. The highest BCUT2D eigenvalue weighted by molar-refractivity contribution is 5.63. The topological polar surface area (TPSA) is 93.0 Å². The third-order valence-electron chi connectivity index (χ3n) is 5.30. The predicted octanol–water partition coefficient (Wildman–Crippen LogP) is 4.39. The van der Waals surface area contributed by atoms with Crippen LogP contribution in [0.2, 0.25) is 0 Å². The molecule has 1 aromatic rings. The Labute approximate surface area is 159 Å². The lowest BCUT2D eigenvalue weighted by Gasteiger charge is -2.43. The molecule has 2 atom stereocenters. The van der Waals surface area contributed by atoms with E-state index < -0.39 is 5.41 Å². The molecule has 0 heterocycles. The third-order valence-corrected chi connectivity index (χ3v) is 5.30. The van der Waals surface area contributed by atoms with E-state index in [-0.39, 0.29) is 17.5 Å². The van der Waals surface area contributed by atoms with Crippen molar-refractivity contribution in [3.05, 3.63) is 58.8 Å². The molecule has 0 aromatic heterocycles. The SMILES string of the molecule is CCOC=NC1=C(C#N)C2=CCCC[C@H]2[C@@H](c2ccccc2)C1(C#N)C#N. The number of nitriles is 3. The lowest BCUT2D eigenvalue weighted by molar-refractivity contribution is 0.313. The fourth-order valence-corrected chi connectivity index (χ4v) is 4.18. The summed E-state index contributed by atoms with van der Waals surface area (Å²) < 4.78 is 5.21. The molecule has 0 bridgehead atoms. The fraction of sp³-hybridized carbons (Fsp3) is 0.364. The van der Waals surface area contributed by atoms with Crippen LogP contribution < -0.4 is 0 Å². The van der Waals surface area contributed by atoms with E-state index in [9.17, 15) is 15.8 Å². The maximum atomic E-state index is 10.2. The van der Waals surface area contributed by atoms with Gasteiger partial charge in [0.15, 0.2) is 11.8 Å². The Balaban J connectivity index is 2.32. The van der Waals surface area contributed by atoms with Gasteiger partial charge in [-0.25, -0.2) is 4.99 Å². The Bertz CT molecular complexity index is 908. The Morgan fingerprint density at radius 1 is 1.22 bits per heavy atom. The van der Waals surface area contributed by atoms with Gasteiger partial charge in [0.25, 0.3) is 0 Å². The van der Waals surface area contributed by atoms with Crippen molar-refractivity contribution in [2.75, 3.05) is 6.61 Å². The first-order chi connectivity index (χ1) is 13.2. The first-order valence-electron chi connectivity index (χ1n) is 9.10. The highest BCUT2D eigenvalue weighted by Crippen LogP contribution is 2.57. The molecule has 1 aromatic carbocycles. The molecule has 0 N–H and O–H groups in total. The van der Waals surface area contributed by atoms with Crippen LogP contribution in [0.3, 0.4) is 0 Å². The first kappa shape index (κ1) is 18.4. The number of benzene rings is 1. The Hall–Kier alpha value is -3.36. The molecule has 2 aliphatic carbocycles. The van der Waals surface area contributed by atoms with Crippen molar-refractivity contribution in [1.82, 2.24) is 0 Å². The van der Waals surface area contributed by atoms with Crippen LogP contribution in [0.15, 0.2) is 58.2 Å². The second-order valence-corrected chi connectivity index (χ2v) is 6.64. The van der Waals surface area contributed by atoms with Crippen molar-refractivity contribution in [2.45, 2.75) is 32.1 Å². The largest absolute Gasteiger partial charge is 0.483 e. The van der Waals surface area contributed by atoms with Gasteiger partial charge in [0.05, 0.1) is 30.0 Å². The second kappa shape index (κ2) is 7.90. The smallest absolute Gasteiger partial charge is 0.194 e. The number of nitrogens with zero attached hydrogens (tertiary/aromatic N) is 4. The Morgan fingerprint density at radius 2 is 1.96 bits per heavy atom. The van der Waals surface area contributed by atoms with Crippen LogP contribution in [0, 0.1) is 45.3 Å². The van der Waals surface area contributed by atoms with Crippen molar-refractivity contribution in [3.8, 4) is 18.2 Å². The molecule has 0 radical (unpaired) electrons. The van der Waals surface area contributed by atoms with Gasteiger partial charge in [0.2, 0.25) is 0 Å². The Kier molecular flexibility index (Phi) is 5.39. The number of allylic oxidation sites excluding steroid dienone is 4. The van der Waals surface area contributed by atoms with E-state index in [2.05, 4.69) is 29.3 Å². The molecule has 2 aliphatic rings. The van der Waals surface area contributed by atoms with Crippen molar-refractivity contribution < 1.29 is 4.74 Å². The van der Waals surface area contributed by atoms with Crippen LogP contribution >= 0.6 is 0 Å². The lowest BCUT2D eigenvalue weighted by Crippen LogP contribution is -2.39. The number of hydrogen-bond donors (Lipinski definition) is 0. The van der Waals surface area contributed by atoms with Gasteiger partial charge in [0, 0.05) is 5.92 Å². The molecule has 134 valence electrons. The summed E-state index contributed by atoms with van der Waals surface area (Å²) in [7, 11) is 0. The van der Waals surface area contributed by atoms with Crippen LogP contribution in [0.5, 0.6) is 0 Å². The maximum absolute atomic E-state index is 10.2. The number of aliphatic imine (C=N–C) groups is 1. The zero-order valence-electron chi connectivity index (χ0n) is 15.2. The normalized spacial score (nSPS) is 23.6. The van der Waals surface area contributed by atoms with Gasteiger partial charge in [-0.2, -0.15) is 15.8 Å². The Morgan fingerprint density at radius 3 is 2.59 bits per heavy atom. The average Bonchev–Trinajstić information content (AvgIpc) is 2.73. The van der Waals surface area contributed by atoms with Crippen molar-refractivity contribution in [3.63, 3.8) is 0 Å². The standard InChI is InChI=1S/C22H20N4O/c1-2-27-15-26-21-19(12-23)17-10-6-7-11-18(17)20(22(21,13-24)14-25)16-8-4-3-5-9-16/h3-5,8-10,15,18,20H,2,6-7,11H2,1H3/t18-,20-/m1/s1. The minimum atomic E-state index is -1.54. The van der Waals surface area contributed by atoms with Crippen LogP contribution in [0.1, 0.15) is 37.7 Å². The van der Waals surface area contributed by atoms with E-state index in [0.717, 1.165) is 30.4 Å². The molecule has 3 rings (SSSR count). The summed E-state index contributed by atoms with van der Waals surface area (Å²) in [4.78, 5) is 4.31. The van der Waals surface area contributed by atoms with Crippen LogP contribution in [0.4, 0.5) is 0 Å². The monoisotopic (exact) mass is 356 g/mol. The van der Waals surface area contributed by atoms with Crippen LogP contribution in [-0.2, 0) is 4.74 Å². The highest BCUT2D eigenvalue weighted by Gasteiger charge is 2.54. The molecule has 0 unspecified atom stereocenters. The van der Waals surface area contributed by atoms with Crippen molar-refractivity contribution in [1.29, 1.82) is 15.8 Å². The fourth-order valence-electron chi connectivity index (χ4n) is 4.18. The van der Waals surface area contributed by atoms with Gasteiger partial charge in [-0.05, 0) is 43.2 Å². The average molecular weight is 356 g/mol. The number of fused-ring (bicyclic) bond motifs is 1. The summed E-state index contributed by atoms with van der Waals surface area (Å²) in [5, 5.41) is 30.2. The lowest BCUT2D eigenvalue weighted by atomic mass is 9.56. The molecule has 0 saturated carbocycles. The first-order valence-corrected chi connectivity index (χ1v) is 9.10. The van der Waals surface area contributed by atoms with E-state index in [0.29, 0.717) is 12.2 Å². The molecule has 0 amide bonds. The zero-order valence-corrected chi connectivity index (χ0v) is 15.2. The molecular formula is C22H20N4O. The number of rotatable bonds is 4. The summed E-state index contributed by atoms with van der Waals surface area (Å²) in [6.45, 7) is 2.24. The summed E-state index contributed by atoms with van der Waals surface area (Å²) in [6, 6.07) is 16.3. The van der Waals surface area contributed by atoms with Gasteiger partial charge in [0.1, 0.15) is 6.07 Å². The molecular weight excluding hydrogens is 336 g/mol. The van der Waals surface area contributed by atoms with Gasteiger partial charge >= 0.3 is 0 Å². The predicted molar refractivity (Wildman–Crippen MR) is 101 cm³/mol. The van der Waals surface area contributed by atoms with Gasteiger partial charge < -0.3 is 4.74 Å². The molecule has 0 aliphatic heterocycles. The van der Waals surface area contributed by atoms with E-state index in [1.165, 1.54) is 6.40 Å². The maximum Gasteiger partial charge on any atom is 0.194 e. The minimum Gasteiger partial charge on any atom is -0.483 e. The van der Waals surface area contributed by atoms with Crippen LogP contribution in [0.25, 0.3) is 0 Å². The summed E-state index contributed by atoms with van der Waals surface area (Å²) in [5.74, 6) is -0.438. The number of hydrogen-bond acceptors (Lipinski definition) is 5. The summed E-state index contributed by atoms with van der Waals surface area (Å²) >= 11 is 0. The molecule has 0 saturated heterocycles. The summed E-state index contributed by atoms with van der Waals surface area (Å²) in [5.41, 5.74) is 0.814. The van der Waals surface area contributed by atoms with Crippen LogP contribution in [-0.4, -0.2) is 13.0 Å². The van der Waals surface area contributed by atoms with E-state index in [1.54, 1.807) is 0 Å². The van der Waals surface area contributed by atoms with Gasteiger partial charge in [-0.3, -0.25) is 0 Å². The molecule has 0 spiro atoms. The summed E-state index contributed by atoms with van der Waals surface area (Å²) in [6.07, 6.45) is 6.00.